The van der Waals surface area contributed by atoms with Crippen molar-refractivity contribution in [2.75, 3.05) is 19.6 Å². The predicted molar refractivity (Wildman–Crippen MR) is 54.2 cm³/mol. The highest BCUT2D eigenvalue weighted by Crippen LogP contribution is 2.17. The van der Waals surface area contributed by atoms with E-state index in [4.69, 9.17) is 0 Å². The maximum absolute atomic E-state index is 3.87. The van der Waals surface area contributed by atoms with Gasteiger partial charge in [-0.05, 0) is 31.2 Å². The molecule has 1 nitrogen and oxygen atoms in total. The first-order chi connectivity index (χ1) is 5.72. The molecule has 0 aromatic carbocycles. The van der Waals surface area contributed by atoms with Gasteiger partial charge in [0.05, 0.1) is 0 Å². The summed E-state index contributed by atoms with van der Waals surface area (Å²) in [5.74, 6) is 1.55. The summed E-state index contributed by atoms with van der Waals surface area (Å²) in [6, 6.07) is 0. The SMILES string of the molecule is C=C[C@@H]1CCCN(CC(C)C)C1. The molecular formula is C11H21N. The number of rotatable bonds is 3. The van der Waals surface area contributed by atoms with Gasteiger partial charge in [0.15, 0.2) is 0 Å². The van der Waals surface area contributed by atoms with Crippen LogP contribution in [0, 0.1) is 11.8 Å². The van der Waals surface area contributed by atoms with Gasteiger partial charge >= 0.3 is 0 Å². The monoisotopic (exact) mass is 167 g/mol. The minimum Gasteiger partial charge on any atom is -0.302 e. The highest BCUT2D eigenvalue weighted by atomic mass is 15.1. The quantitative estimate of drug-likeness (QED) is 0.584. The normalized spacial score (nSPS) is 26.1. The summed E-state index contributed by atoms with van der Waals surface area (Å²) >= 11 is 0. The molecule has 1 aliphatic heterocycles. The maximum atomic E-state index is 3.87. The standard InChI is InChI=1S/C11H21N/c1-4-11-6-5-7-12(9-11)8-10(2)3/h4,10-11H,1,5-9H2,2-3H3/t11-/m1/s1. The first-order valence-electron chi connectivity index (χ1n) is 5.07. The summed E-state index contributed by atoms with van der Waals surface area (Å²) in [4.78, 5) is 2.57. The van der Waals surface area contributed by atoms with Gasteiger partial charge in [0.1, 0.15) is 0 Å². The lowest BCUT2D eigenvalue weighted by Crippen LogP contribution is -2.36. The van der Waals surface area contributed by atoms with Crippen molar-refractivity contribution in [3.8, 4) is 0 Å². The van der Waals surface area contributed by atoms with Gasteiger partial charge in [0.25, 0.3) is 0 Å². The summed E-state index contributed by atoms with van der Waals surface area (Å²) in [5, 5.41) is 0. The van der Waals surface area contributed by atoms with Gasteiger partial charge in [0, 0.05) is 13.1 Å². The van der Waals surface area contributed by atoms with E-state index in [1.54, 1.807) is 0 Å². The van der Waals surface area contributed by atoms with Gasteiger partial charge in [-0.2, -0.15) is 0 Å². The minimum absolute atomic E-state index is 0.748. The molecular weight excluding hydrogens is 146 g/mol. The van der Waals surface area contributed by atoms with E-state index in [-0.39, 0.29) is 0 Å². The first kappa shape index (κ1) is 9.79. The molecule has 1 atom stereocenters. The highest BCUT2D eigenvalue weighted by molar-refractivity contribution is 4.85. The van der Waals surface area contributed by atoms with Crippen molar-refractivity contribution in [3.63, 3.8) is 0 Å². The van der Waals surface area contributed by atoms with Gasteiger partial charge < -0.3 is 4.90 Å². The predicted octanol–water partition coefficient (Wildman–Crippen LogP) is 2.54. The molecule has 0 aliphatic carbocycles. The van der Waals surface area contributed by atoms with Gasteiger partial charge in [0.2, 0.25) is 0 Å². The fourth-order valence-electron chi connectivity index (χ4n) is 1.97. The van der Waals surface area contributed by atoms with E-state index < -0.39 is 0 Å². The molecule has 1 heteroatoms. The lowest BCUT2D eigenvalue weighted by molar-refractivity contribution is 0.178. The Morgan fingerprint density at radius 1 is 1.58 bits per heavy atom. The second-order valence-corrected chi connectivity index (χ2v) is 4.29. The molecule has 1 heterocycles. The van der Waals surface area contributed by atoms with Crippen LogP contribution in [0.3, 0.4) is 0 Å². The average Bonchev–Trinajstić information content (AvgIpc) is 2.03. The van der Waals surface area contributed by atoms with E-state index in [1.165, 1.54) is 32.5 Å². The largest absolute Gasteiger partial charge is 0.302 e. The molecule has 1 saturated heterocycles. The third-order valence-corrected chi connectivity index (χ3v) is 2.50. The van der Waals surface area contributed by atoms with E-state index in [1.807, 2.05) is 0 Å². The Hall–Kier alpha value is -0.300. The number of likely N-dealkylation sites (tertiary alicyclic amines) is 1. The molecule has 0 aromatic heterocycles. The van der Waals surface area contributed by atoms with Crippen LogP contribution in [-0.4, -0.2) is 24.5 Å². The molecule has 0 bridgehead atoms. The van der Waals surface area contributed by atoms with E-state index in [0.717, 1.165) is 11.8 Å². The molecule has 0 saturated carbocycles. The van der Waals surface area contributed by atoms with Gasteiger partial charge in [-0.15, -0.1) is 6.58 Å². The number of nitrogens with zero attached hydrogens (tertiary/aromatic N) is 1. The second-order valence-electron chi connectivity index (χ2n) is 4.29. The lowest BCUT2D eigenvalue weighted by atomic mass is 9.97. The van der Waals surface area contributed by atoms with Crippen molar-refractivity contribution in [2.45, 2.75) is 26.7 Å². The van der Waals surface area contributed by atoms with Gasteiger partial charge in [-0.3, -0.25) is 0 Å². The topological polar surface area (TPSA) is 3.24 Å². The zero-order valence-electron chi connectivity index (χ0n) is 8.42. The van der Waals surface area contributed by atoms with Gasteiger partial charge in [-0.25, -0.2) is 0 Å². The van der Waals surface area contributed by atoms with E-state index in [9.17, 15) is 0 Å². The zero-order valence-corrected chi connectivity index (χ0v) is 8.42. The molecule has 0 spiro atoms. The molecule has 70 valence electrons. The van der Waals surface area contributed by atoms with Crippen LogP contribution in [0.4, 0.5) is 0 Å². The molecule has 1 aliphatic rings. The van der Waals surface area contributed by atoms with Crippen molar-refractivity contribution < 1.29 is 0 Å². The Morgan fingerprint density at radius 2 is 2.33 bits per heavy atom. The number of piperidine rings is 1. The summed E-state index contributed by atoms with van der Waals surface area (Å²) < 4.78 is 0. The molecule has 0 amide bonds. The van der Waals surface area contributed by atoms with Crippen molar-refractivity contribution in [2.24, 2.45) is 11.8 Å². The van der Waals surface area contributed by atoms with Gasteiger partial charge in [-0.1, -0.05) is 19.9 Å². The van der Waals surface area contributed by atoms with Crippen LogP contribution in [0.25, 0.3) is 0 Å². The Balaban J connectivity index is 2.30. The Morgan fingerprint density at radius 3 is 2.92 bits per heavy atom. The Labute approximate surface area is 76.5 Å². The number of hydrogen-bond acceptors (Lipinski definition) is 1. The Bertz CT molecular complexity index is 140. The first-order valence-corrected chi connectivity index (χ1v) is 5.07. The molecule has 12 heavy (non-hydrogen) atoms. The third kappa shape index (κ3) is 2.98. The van der Waals surface area contributed by atoms with Crippen LogP contribution in [-0.2, 0) is 0 Å². The molecule has 0 radical (unpaired) electrons. The van der Waals surface area contributed by atoms with Crippen molar-refractivity contribution in [1.29, 1.82) is 0 Å². The molecule has 0 N–H and O–H groups in total. The molecule has 0 unspecified atom stereocenters. The van der Waals surface area contributed by atoms with E-state index in [0.29, 0.717) is 0 Å². The van der Waals surface area contributed by atoms with Crippen LogP contribution in [0.15, 0.2) is 12.7 Å². The fourth-order valence-corrected chi connectivity index (χ4v) is 1.97. The van der Waals surface area contributed by atoms with Crippen molar-refractivity contribution in [3.05, 3.63) is 12.7 Å². The minimum atomic E-state index is 0.748. The Kier molecular flexibility index (Phi) is 3.80. The van der Waals surface area contributed by atoms with Crippen LogP contribution >= 0.6 is 0 Å². The average molecular weight is 167 g/mol. The van der Waals surface area contributed by atoms with Crippen LogP contribution in [0.5, 0.6) is 0 Å². The van der Waals surface area contributed by atoms with Crippen molar-refractivity contribution >= 4 is 0 Å². The summed E-state index contributed by atoms with van der Waals surface area (Å²) in [6.45, 7) is 12.2. The summed E-state index contributed by atoms with van der Waals surface area (Å²) in [7, 11) is 0. The summed E-state index contributed by atoms with van der Waals surface area (Å²) in [6.07, 6.45) is 4.81. The van der Waals surface area contributed by atoms with Crippen LogP contribution in [0.2, 0.25) is 0 Å². The molecule has 1 fully saturated rings. The third-order valence-electron chi connectivity index (χ3n) is 2.50. The lowest BCUT2D eigenvalue weighted by Gasteiger charge is -2.32. The second kappa shape index (κ2) is 4.66. The molecule has 0 aromatic rings. The van der Waals surface area contributed by atoms with Crippen molar-refractivity contribution in [1.82, 2.24) is 4.90 Å². The van der Waals surface area contributed by atoms with Crippen LogP contribution in [0.1, 0.15) is 26.7 Å². The zero-order chi connectivity index (χ0) is 8.97. The summed E-state index contributed by atoms with van der Waals surface area (Å²) in [5.41, 5.74) is 0. The smallest absolute Gasteiger partial charge is 0.00443 e. The van der Waals surface area contributed by atoms with Crippen LogP contribution < -0.4 is 0 Å². The maximum Gasteiger partial charge on any atom is 0.00443 e. The van der Waals surface area contributed by atoms with E-state index in [2.05, 4.69) is 31.4 Å². The van der Waals surface area contributed by atoms with E-state index >= 15 is 0 Å². The highest BCUT2D eigenvalue weighted by Gasteiger charge is 2.17. The molecule has 1 rings (SSSR count). The number of hydrogen-bond donors (Lipinski definition) is 0. The fraction of sp³-hybridized carbons (Fsp3) is 0.818.